The van der Waals surface area contributed by atoms with Crippen LogP contribution in [0.1, 0.15) is 28.6 Å². The van der Waals surface area contributed by atoms with E-state index in [1.807, 2.05) is 50.2 Å². The summed E-state index contributed by atoms with van der Waals surface area (Å²) in [5.41, 5.74) is 3.55. The number of ether oxygens (including phenoxy) is 4. The number of anilines is 1. The summed E-state index contributed by atoms with van der Waals surface area (Å²) in [6, 6.07) is 20.7. The zero-order chi connectivity index (χ0) is 30.3. The molecular weight excluding hydrogens is 568 g/mol. The van der Waals surface area contributed by atoms with E-state index in [4.69, 9.17) is 18.9 Å². The summed E-state index contributed by atoms with van der Waals surface area (Å²) in [5, 5.41) is 3.47. The summed E-state index contributed by atoms with van der Waals surface area (Å²) >= 11 is 1.23. The Labute approximate surface area is 254 Å². The van der Waals surface area contributed by atoms with Gasteiger partial charge in [-0.3, -0.25) is 9.59 Å². The third kappa shape index (κ3) is 7.18. The van der Waals surface area contributed by atoms with Crippen LogP contribution in [0.4, 0.5) is 5.69 Å². The van der Waals surface area contributed by atoms with Crippen LogP contribution in [0.5, 0.6) is 23.0 Å². The van der Waals surface area contributed by atoms with Crippen molar-refractivity contribution in [2.24, 2.45) is 0 Å². The number of nitrogens with zero attached hydrogens (tertiary/aromatic N) is 3. The molecule has 0 aliphatic carbocycles. The molecule has 0 saturated heterocycles. The van der Waals surface area contributed by atoms with Crippen LogP contribution in [0.2, 0.25) is 0 Å². The average molecular weight is 601 g/mol. The van der Waals surface area contributed by atoms with Crippen molar-refractivity contribution in [2.75, 3.05) is 32.1 Å². The maximum Gasteiger partial charge on any atom is 0.251 e. The molecule has 222 valence electrons. The van der Waals surface area contributed by atoms with E-state index in [0.717, 1.165) is 17.0 Å². The van der Waals surface area contributed by atoms with Crippen molar-refractivity contribution < 1.29 is 28.5 Å². The standard InChI is InChI=1S/C32H32N4O6S/c1-20-14-21(2)34-32(33-20)43-18-29(37)36(17-22-8-6-5-7-9-22)30(23-10-12-25(39-3)27(15-23)40-4)31(38)35-24-11-13-26-28(16-24)42-19-41-26/h5-16,30H,17-19H2,1-4H3,(H,35,38)/t30-/m1/s1. The molecule has 0 unspecified atom stereocenters. The highest BCUT2D eigenvalue weighted by Gasteiger charge is 2.33. The van der Waals surface area contributed by atoms with Gasteiger partial charge in [-0.05, 0) is 55.3 Å². The summed E-state index contributed by atoms with van der Waals surface area (Å²) < 4.78 is 21.9. The fourth-order valence-corrected chi connectivity index (χ4v) is 5.59. The molecule has 2 heterocycles. The minimum atomic E-state index is -1.03. The van der Waals surface area contributed by atoms with Crippen molar-refractivity contribution in [3.63, 3.8) is 0 Å². The first-order chi connectivity index (χ1) is 20.8. The van der Waals surface area contributed by atoms with Crippen molar-refractivity contribution in [1.82, 2.24) is 14.9 Å². The molecule has 1 aliphatic rings. The SMILES string of the molecule is COc1ccc([C@H](C(=O)Nc2ccc3c(c2)OCO3)N(Cc2ccccc2)C(=O)CSc2nc(C)cc(C)n2)cc1OC. The third-order valence-corrected chi connectivity index (χ3v) is 7.56. The van der Waals surface area contributed by atoms with E-state index in [2.05, 4.69) is 15.3 Å². The molecule has 10 nitrogen and oxygen atoms in total. The Bertz CT molecular complexity index is 1600. The van der Waals surface area contributed by atoms with E-state index in [0.29, 0.717) is 39.4 Å². The zero-order valence-corrected chi connectivity index (χ0v) is 25.1. The van der Waals surface area contributed by atoms with Crippen molar-refractivity contribution >= 4 is 29.3 Å². The van der Waals surface area contributed by atoms with Crippen LogP contribution >= 0.6 is 11.8 Å². The number of methoxy groups -OCH3 is 2. The molecule has 1 atom stereocenters. The summed E-state index contributed by atoms with van der Waals surface area (Å²) in [5.74, 6) is 1.41. The van der Waals surface area contributed by atoms with Gasteiger partial charge in [-0.1, -0.05) is 48.2 Å². The number of aryl methyl sites for hydroxylation is 2. The summed E-state index contributed by atoms with van der Waals surface area (Å²) in [6.07, 6.45) is 0. The molecule has 0 bridgehead atoms. The number of carbonyl (C=O) groups excluding carboxylic acids is 2. The fraction of sp³-hybridized carbons (Fsp3) is 0.250. The number of carbonyl (C=O) groups is 2. The Morgan fingerprint density at radius 3 is 2.35 bits per heavy atom. The number of benzene rings is 3. The lowest BCUT2D eigenvalue weighted by molar-refractivity contribution is -0.137. The monoisotopic (exact) mass is 600 g/mol. The van der Waals surface area contributed by atoms with Crippen molar-refractivity contribution in [3.05, 3.63) is 95.3 Å². The van der Waals surface area contributed by atoms with Gasteiger partial charge >= 0.3 is 0 Å². The number of hydrogen-bond donors (Lipinski definition) is 1. The Balaban J connectivity index is 1.52. The molecule has 0 saturated carbocycles. The number of hydrogen-bond acceptors (Lipinski definition) is 9. The lowest BCUT2D eigenvalue weighted by atomic mass is 10.0. The highest BCUT2D eigenvalue weighted by molar-refractivity contribution is 7.99. The van der Waals surface area contributed by atoms with E-state index in [9.17, 15) is 9.59 Å². The first-order valence-electron chi connectivity index (χ1n) is 13.6. The largest absolute Gasteiger partial charge is 0.493 e. The van der Waals surface area contributed by atoms with Gasteiger partial charge < -0.3 is 29.2 Å². The van der Waals surface area contributed by atoms with Crippen molar-refractivity contribution in [3.8, 4) is 23.0 Å². The smallest absolute Gasteiger partial charge is 0.251 e. The Kier molecular flexibility index (Phi) is 9.31. The van der Waals surface area contributed by atoms with Crippen molar-refractivity contribution in [2.45, 2.75) is 31.6 Å². The number of rotatable bonds is 11. The van der Waals surface area contributed by atoms with Crippen LogP contribution < -0.4 is 24.3 Å². The quantitative estimate of drug-likeness (QED) is 0.180. The fourth-order valence-electron chi connectivity index (χ4n) is 4.75. The average Bonchev–Trinajstić information content (AvgIpc) is 3.47. The first kappa shape index (κ1) is 29.7. The topological polar surface area (TPSA) is 112 Å². The first-order valence-corrected chi connectivity index (χ1v) is 14.5. The van der Waals surface area contributed by atoms with Gasteiger partial charge in [0.1, 0.15) is 6.04 Å². The Morgan fingerprint density at radius 1 is 0.907 bits per heavy atom. The molecule has 1 aromatic heterocycles. The van der Waals surface area contributed by atoms with Gasteiger partial charge in [0.05, 0.1) is 20.0 Å². The summed E-state index contributed by atoms with van der Waals surface area (Å²) in [4.78, 5) is 38.7. The Morgan fingerprint density at radius 2 is 1.63 bits per heavy atom. The molecule has 1 aliphatic heterocycles. The number of amides is 2. The molecule has 2 amide bonds. The molecule has 5 rings (SSSR count). The zero-order valence-electron chi connectivity index (χ0n) is 24.3. The van der Waals surface area contributed by atoms with E-state index < -0.39 is 11.9 Å². The van der Waals surface area contributed by atoms with Gasteiger partial charge in [0.15, 0.2) is 28.2 Å². The van der Waals surface area contributed by atoms with Gasteiger partial charge in [-0.15, -0.1) is 0 Å². The Hall–Kier alpha value is -4.77. The highest BCUT2D eigenvalue weighted by atomic mass is 32.2. The van der Waals surface area contributed by atoms with Crippen LogP contribution in [0, 0.1) is 13.8 Å². The summed E-state index contributed by atoms with van der Waals surface area (Å²) in [6.45, 7) is 4.06. The molecular formula is C32H32N4O6S. The van der Waals surface area contributed by atoms with Gasteiger partial charge in [0.25, 0.3) is 5.91 Å². The number of fused-ring (bicyclic) bond motifs is 1. The van der Waals surface area contributed by atoms with Crippen LogP contribution in [0.3, 0.4) is 0 Å². The van der Waals surface area contributed by atoms with Crippen LogP contribution in [0.15, 0.2) is 78.0 Å². The highest BCUT2D eigenvalue weighted by Crippen LogP contribution is 2.36. The van der Waals surface area contributed by atoms with Crippen LogP contribution in [-0.4, -0.2) is 53.4 Å². The van der Waals surface area contributed by atoms with E-state index in [-0.39, 0.29) is 25.0 Å². The van der Waals surface area contributed by atoms with Gasteiger partial charge in [0, 0.05) is 29.7 Å². The lowest BCUT2D eigenvalue weighted by Crippen LogP contribution is -2.41. The van der Waals surface area contributed by atoms with Gasteiger partial charge in [-0.25, -0.2) is 9.97 Å². The van der Waals surface area contributed by atoms with E-state index >= 15 is 0 Å². The second-order valence-corrected chi connectivity index (χ2v) is 10.7. The van der Waals surface area contributed by atoms with Crippen LogP contribution in [-0.2, 0) is 16.1 Å². The minimum absolute atomic E-state index is 0.0246. The number of nitrogens with one attached hydrogen (secondary N) is 1. The number of aromatic nitrogens is 2. The molecule has 0 radical (unpaired) electrons. The van der Waals surface area contributed by atoms with Gasteiger partial charge in [-0.2, -0.15) is 0 Å². The normalized spacial score (nSPS) is 12.4. The minimum Gasteiger partial charge on any atom is -0.493 e. The molecule has 3 aromatic carbocycles. The molecule has 43 heavy (non-hydrogen) atoms. The second kappa shape index (κ2) is 13.5. The number of thioether (sulfide) groups is 1. The molecule has 0 fully saturated rings. The van der Waals surface area contributed by atoms with Gasteiger partial charge in [0.2, 0.25) is 12.7 Å². The van der Waals surface area contributed by atoms with E-state index in [1.54, 1.807) is 48.4 Å². The molecule has 11 heteroatoms. The molecule has 0 spiro atoms. The third-order valence-electron chi connectivity index (χ3n) is 6.73. The maximum atomic E-state index is 14.2. The maximum absolute atomic E-state index is 14.2. The van der Waals surface area contributed by atoms with E-state index in [1.165, 1.54) is 18.9 Å². The second-order valence-electron chi connectivity index (χ2n) is 9.80. The summed E-state index contributed by atoms with van der Waals surface area (Å²) in [7, 11) is 3.07. The lowest BCUT2D eigenvalue weighted by Gasteiger charge is -2.32. The van der Waals surface area contributed by atoms with Crippen LogP contribution in [0.25, 0.3) is 0 Å². The predicted molar refractivity (Wildman–Crippen MR) is 163 cm³/mol. The van der Waals surface area contributed by atoms with Crippen molar-refractivity contribution in [1.29, 1.82) is 0 Å². The molecule has 1 N–H and O–H groups in total. The molecule has 4 aromatic rings. The predicted octanol–water partition coefficient (Wildman–Crippen LogP) is 5.34.